The van der Waals surface area contributed by atoms with Crippen LogP contribution in [0.5, 0.6) is 0 Å². The zero-order valence-corrected chi connectivity index (χ0v) is 18.1. The number of carbonyl (C=O) groups excluding carboxylic acids is 3. The van der Waals surface area contributed by atoms with Crippen LogP contribution in [0.1, 0.15) is 47.5 Å². The van der Waals surface area contributed by atoms with Crippen LogP contribution in [0.4, 0.5) is 0 Å². The first-order valence-corrected chi connectivity index (χ1v) is 10.1. The maximum Gasteiger partial charge on any atom is 0.325 e. The molecule has 0 aliphatic heterocycles. The summed E-state index contributed by atoms with van der Waals surface area (Å²) < 4.78 is 0. The van der Waals surface area contributed by atoms with Gasteiger partial charge >= 0.3 is 5.97 Å². The summed E-state index contributed by atoms with van der Waals surface area (Å²) in [6.45, 7) is 8.82. The highest BCUT2D eigenvalue weighted by Crippen LogP contribution is 2.09. The Labute approximate surface area is 172 Å². The lowest BCUT2D eigenvalue weighted by molar-refractivity contribution is -0.142. The van der Waals surface area contributed by atoms with E-state index in [4.69, 9.17) is 10.8 Å². The molecule has 6 N–H and O–H groups in total. The highest BCUT2D eigenvalue weighted by molar-refractivity contribution is 7.80. The number of rotatable bonds is 12. The normalized spacial score (nSPS) is 16.4. The summed E-state index contributed by atoms with van der Waals surface area (Å²) in [5.74, 6) is -2.83. The Morgan fingerprint density at radius 3 is 1.96 bits per heavy atom. The van der Waals surface area contributed by atoms with E-state index in [2.05, 4.69) is 28.6 Å². The largest absolute Gasteiger partial charge is 0.480 e. The molecule has 0 radical (unpaired) electrons. The van der Waals surface area contributed by atoms with Crippen molar-refractivity contribution in [3.05, 3.63) is 0 Å². The van der Waals surface area contributed by atoms with Gasteiger partial charge < -0.3 is 26.8 Å². The van der Waals surface area contributed by atoms with Gasteiger partial charge in [-0.05, 0) is 25.2 Å². The number of thiol groups is 1. The van der Waals surface area contributed by atoms with Gasteiger partial charge in [0.15, 0.2) is 0 Å². The summed E-state index contributed by atoms with van der Waals surface area (Å²) in [5.41, 5.74) is 5.84. The molecule has 0 spiro atoms. The average Bonchev–Trinajstić information content (AvgIpc) is 2.61. The van der Waals surface area contributed by atoms with Crippen molar-refractivity contribution in [3.8, 4) is 0 Å². The van der Waals surface area contributed by atoms with E-state index in [9.17, 15) is 19.2 Å². The number of nitrogens with two attached hydrogens (primary N) is 1. The van der Waals surface area contributed by atoms with E-state index in [1.807, 2.05) is 20.8 Å². The zero-order valence-electron chi connectivity index (χ0n) is 17.2. The summed E-state index contributed by atoms with van der Waals surface area (Å²) in [6, 6.07) is -3.75. The SMILES string of the molecule is CCC(C)C(NC(=O)C(CS)NC(=O)C(N)CC(C)C)C(=O)NC(C)C(=O)O. The Balaban J connectivity index is 5.13. The number of hydrogen-bond acceptors (Lipinski definition) is 6. The van der Waals surface area contributed by atoms with Crippen molar-refractivity contribution in [2.75, 3.05) is 5.75 Å². The fourth-order valence-electron chi connectivity index (χ4n) is 2.41. The van der Waals surface area contributed by atoms with Crippen molar-refractivity contribution >= 4 is 36.3 Å². The van der Waals surface area contributed by atoms with Crippen molar-refractivity contribution in [2.24, 2.45) is 17.6 Å². The first kappa shape index (κ1) is 26.2. The molecule has 0 bridgehead atoms. The molecule has 0 aromatic rings. The third-order valence-corrected chi connectivity index (χ3v) is 4.77. The monoisotopic (exact) mass is 418 g/mol. The van der Waals surface area contributed by atoms with Gasteiger partial charge in [-0.2, -0.15) is 12.6 Å². The highest BCUT2D eigenvalue weighted by Gasteiger charge is 2.31. The van der Waals surface area contributed by atoms with E-state index in [0.29, 0.717) is 12.8 Å². The minimum atomic E-state index is -1.18. The van der Waals surface area contributed by atoms with Crippen LogP contribution in [-0.2, 0) is 19.2 Å². The average molecular weight is 419 g/mol. The second-order valence-electron chi connectivity index (χ2n) is 7.42. The third kappa shape index (κ3) is 8.92. The molecule has 0 aromatic carbocycles. The Kier molecular flexibility index (Phi) is 11.8. The van der Waals surface area contributed by atoms with Crippen LogP contribution in [0, 0.1) is 11.8 Å². The Bertz CT molecular complexity index is 558. The molecule has 162 valence electrons. The fourth-order valence-corrected chi connectivity index (χ4v) is 2.67. The molecule has 0 saturated heterocycles. The van der Waals surface area contributed by atoms with E-state index in [1.54, 1.807) is 6.92 Å². The molecule has 5 unspecified atom stereocenters. The molecule has 0 aliphatic rings. The molecule has 0 aromatic heterocycles. The zero-order chi connectivity index (χ0) is 22.0. The van der Waals surface area contributed by atoms with Crippen LogP contribution in [-0.4, -0.2) is 58.7 Å². The minimum Gasteiger partial charge on any atom is -0.480 e. The smallest absolute Gasteiger partial charge is 0.325 e. The van der Waals surface area contributed by atoms with Crippen LogP contribution in [0.2, 0.25) is 0 Å². The van der Waals surface area contributed by atoms with E-state index >= 15 is 0 Å². The van der Waals surface area contributed by atoms with Gasteiger partial charge in [0.2, 0.25) is 17.7 Å². The minimum absolute atomic E-state index is 0.0202. The van der Waals surface area contributed by atoms with Crippen LogP contribution in [0.15, 0.2) is 0 Å². The molecule has 0 saturated carbocycles. The molecule has 0 fully saturated rings. The van der Waals surface area contributed by atoms with Crippen LogP contribution >= 0.6 is 12.6 Å². The number of carboxylic acids is 1. The lowest BCUT2D eigenvalue weighted by atomic mass is 9.97. The third-order valence-electron chi connectivity index (χ3n) is 4.40. The summed E-state index contributed by atoms with van der Waals surface area (Å²) >= 11 is 4.10. The van der Waals surface area contributed by atoms with Crippen molar-refractivity contribution in [3.63, 3.8) is 0 Å². The maximum atomic E-state index is 12.6. The Morgan fingerprint density at radius 2 is 1.54 bits per heavy atom. The van der Waals surface area contributed by atoms with Gasteiger partial charge in [-0.15, -0.1) is 0 Å². The Hall–Kier alpha value is -1.81. The second kappa shape index (κ2) is 12.6. The van der Waals surface area contributed by atoms with E-state index in [0.717, 1.165) is 0 Å². The molecule has 10 heteroatoms. The van der Waals surface area contributed by atoms with Crippen molar-refractivity contribution < 1.29 is 24.3 Å². The molecule has 0 heterocycles. The summed E-state index contributed by atoms with van der Waals surface area (Å²) in [4.78, 5) is 48.2. The van der Waals surface area contributed by atoms with E-state index in [1.165, 1.54) is 6.92 Å². The number of nitrogens with one attached hydrogen (secondary N) is 3. The predicted octanol–water partition coefficient (Wildman–Crippen LogP) is -0.105. The van der Waals surface area contributed by atoms with E-state index in [-0.39, 0.29) is 17.6 Å². The Morgan fingerprint density at radius 1 is 0.964 bits per heavy atom. The number of carboxylic acid groups (broad SMARTS) is 1. The van der Waals surface area contributed by atoms with Crippen molar-refractivity contribution in [1.82, 2.24) is 16.0 Å². The molecule has 9 nitrogen and oxygen atoms in total. The molecule has 0 rings (SSSR count). The first-order valence-electron chi connectivity index (χ1n) is 9.44. The molecule has 3 amide bonds. The lowest BCUT2D eigenvalue weighted by Crippen LogP contribution is -2.59. The van der Waals surface area contributed by atoms with Gasteiger partial charge in [0.25, 0.3) is 0 Å². The lowest BCUT2D eigenvalue weighted by Gasteiger charge is -2.27. The molecular formula is C18H34N4O5S. The first-order chi connectivity index (χ1) is 12.9. The van der Waals surface area contributed by atoms with Crippen LogP contribution in [0.3, 0.4) is 0 Å². The molecular weight excluding hydrogens is 384 g/mol. The van der Waals surface area contributed by atoms with Gasteiger partial charge in [-0.25, -0.2) is 0 Å². The number of hydrogen-bond donors (Lipinski definition) is 6. The van der Waals surface area contributed by atoms with Gasteiger partial charge in [-0.3, -0.25) is 19.2 Å². The number of amides is 3. The maximum absolute atomic E-state index is 12.6. The predicted molar refractivity (Wildman–Crippen MR) is 110 cm³/mol. The summed E-state index contributed by atoms with van der Waals surface area (Å²) in [7, 11) is 0. The standard InChI is InChI=1S/C18H34N4O5S/c1-6-10(4)14(17(25)20-11(5)18(26)27)22-16(24)13(8-28)21-15(23)12(19)7-9(2)3/h9-14,28H,6-8,19H2,1-5H3,(H,20,25)(H,21,23)(H,22,24)(H,26,27). The quantitative estimate of drug-likeness (QED) is 0.244. The van der Waals surface area contributed by atoms with Gasteiger partial charge in [-0.1, -0.05) is 34.1 Å². The van der Waals surface area contributed by atoms with Crippen LogP contribution in [0.25, 0.3) is 0 Å². The molecule has 0 aliphatic carbocycles. The highest BCUT2D eigenvalue weighted by atomic mass is 32.1. The van der Waals surface area contributed by atoms with Crippen molar-refractivity contribution in [1.29, 1.82) is 0 Å². The van der Waals surface area contributed by atoms with Gasteiger partial charge in [0.1, 0.15) is 18.1 Å². The molecule has 5 atom stereocenters. The van der Waals surface area contributed by atoms with Gasteiger partial charge in [0, 0.05) is 5.75 Å². The fraction of sp³-hybridized carbons (Fsp3) is 0.778. The van der Waals surface area contributed by atoms with Crippen molar-refractivity contribution in [2.45, 2.75) is 71.6 Å². The second-order valence-corrected chi connectivity index (χ2v) is 7.79. The topological polar surface area (TPSA) is 151 Å². The number of carbonyl (C=O) groups is 4. The van der Waals surface area contributed by atoms with Gasteiger partial charge in [0.05, 0.1) is 6.04 Å². The van der Waals surface area contributed by atoms with Crippen LogP contribution < -0.4 is 21.7 Å². The van der Waals surface area contributed by atoms with E-state index < -0.39 is 47.9 Å². The molecule has 28 heavy (non-hydrogen) atoms. The number of aliphatic carboxylic acids is 1. The summed E-state index contributed by atoms with van der Waals surface area (Å²) in [6.07, 6.45) is 1.05. The summed E-state index contributed by atoms with van der Waals surface area (Å²) in [5, 5.41) is 16.5.